The molecule has 0 bridgehead atoms. The zero-order valence-corrected chi connectivity index (χ0v) is 10.4. The molecule has 1 N–H and O–H groups in total. The highest BCUT2D eigenvalue weighted by Crippen LogP contribution is 2.27. The molecular weight excluding hydrogens is 236 g/mol. The molecule has 0 aliphatic heterocycles. The fourth-order valence-corrected chi connectivity index (χ4v) is 1.69. The highest BCUT2D eigenvalue weighted by atomic mass is 16.6. The third-order valence-corrected chi connectivity index (χ3v) is 2.72. The van der Waals surface area contributed by atoms with Gasteiger partial charge in [0.15, 0.2) is 0 Å². The third kappa shape index (κ3) is 3.19. The van der Waals surface area contributed by atoms with Gasteiger partial charge in [0.1, 0.15) is 5.69 Å². The predicted molar refractivity (Wildman–Crippen MR) is 67.8 cm³/mol. The molecule has 1 atom stereocenters. The van der Waals surface area contributed by atoms with Crippen molar-refractivity contribution in [3.05, 3.63) is 34.4 Å². The molecule has 98 valence electrons. The van der Waals surface area contributed by atoms with Gasteiger partial charge in [0.25, 0.3) is 5.69 Å². The van der Waals surface area contributed by atoms with Gasteiger partial charge in [-0.15, -0.1) is 0 Å². The lowest BCUT2D eigenvalue weighted by Crippen LogP contribution is -2.32. The minimum atomic E-state index is -0.910. The number of aliphatic carboxylic acids is 1. The molecule has 0 fully saturated rings. The minimum absolute atomic E-state index is 0.00283. The maximum Gasteiger partial charge on any atom is 0.308 e. The van der Waals surface area contributed by atoms with Crippen LogP contribution in [0.5, 0.6) is 0 Å². The standard InChI is InChI=1S/C12H16N2O4/c1-3-13(8-9(2)12(15)16)10-6-4-5-7-11(10)14(17)18/h4-7,9H,3,8H2,1-2H3,(H,15,16). The summed E-state index contributed by atoms with van der Waals surface area (Å²) in [5.41, 5.74) is 0.454. The average molecular weight is 252 g/mol. The smallest absolute Gasteiger partial charge is 0.308 e. The lowest BCUT2D eigenvalue weighted by Gasteiger charge is -2.24. The van der Waals surface area contributed by atoms with Crippen LogP contribution in [0.2, 0.25) is 0 Å². The summed E-state index contributed by atoms with van der Waals surface area (Å²) in [5.74, 6) is -1.49. The highest BCUT2D eigenvalue weighted by Gasteiger charge is 2.21. The Kier molecular flexibility index (Phi) is 4.65. The Bertz CT molecular complexity index is 447. The normalized spacial score (nSPS) is 11.9. The lowest BCUT2D eigenvalue weighted by atomic mass is 10.1. The number of hydrogen-bond acceptors (Lipinski definition) is 4. The topological polar surface area (TPSA) is 83.7 Å². The molecule has 0 aliphatic carbocycles. The maximum atomic E-state index is 10.9. The molecule has 18 heavy (non-hydrogen) atoms. The van der Waals surface area contributed by atoms with Crippen LogP contribution in [0.25, 0.3) is 0 Å². The second-order valence-electron chi connectivity index (χ2n) is 4.02. The Morgan fingerprint density at radius 3 is 2.61 bits per heavy atom. The number of anilines is 1. The minimum Gasteiger partial charge on any atom is -0.481 e. The Morgan fingerprint density at radius 2 is 2.11 bits per heavy atom. The van der Waals surface area contributed by atoms with Gasteiger partial charge in [-0.3, -0.25) is 14.9 Å². The number of nitro groups is 1. The van der Waals surface area contributed by atoms with Gasteiger partial charge >= 0.3 is 5.97 Å². The molecule has 6 heteroatoms. The van der Waals surface area contributed by atoms with Crippen LogP contribution in [0.15, 0.2) is 24.3 Å². The van der Waals surface area contributed by atoms with E-state index in [0.29, 0.717) is 12.2 Å². The van der Waals surface area contributed by atoms with E-state index in [0.717, 1.165) is 0 Å². The number of carbonyl (C=O) groups is 1. The fraction of sp³-hybridized carbons (Fsp3) is 0.417. The van der Waals surface area contributed by atoms with Gasteiger partial charge in [-0.05, 0) is 13.0 Å². The number of benzene rings is 1. The Morgan fingerprint density at radius 1 is 1.50 bits per heavy atom. The molecule has 0 spiro atoms. The van der Waals surface area contributed by atoms with Gasteiger partial charge in [0.2, 0.25) is 0 Å². The van der Waals surface area contributed by atoms with Crippen molar-refractivity contribution in [1.29, 1.82) is 0 Å². The molecule has 0 aromatic heterocycles. The monoisotopic (exact) mass is 252 g/mol. The summed E-state index contributed by atoms with van der Waals surface area (Å²) >= 11 is 0. The van der Waals surface area contributed by atoms with Crippen molar-refractivity contribution >= 4 is 17.3 Å². The first-order chi connectivity index (χ1) is 8.47. The van der Waals surface area contributed by atoms with E-state index in [2.05, 4.69) is 0 Å². The summed E-state index contributed by atoms with van der Waals surface area (Å²) in [4.78, 5) is 23.0. The van der Waals surface area contributed by atoms with Gasteiger partial charge in [-0.1, -0.05) is 19.1 Å². The lowest BCUT2D eigenvalue weighted by molar-refractivity contribution is -0.384. The van der Waals surface area contributed by atoms with Gasteiger partial charge in [-0.2, -0.15) is 0 Å². The van der Waals surface area contributed by atoms with Crippen LogP contribution in [0.1, 0.15) is 13.8 Å². The van der Waals surface area contributed by atoms with Crippen molar-refractivity contribution in [2.24, 2.45) is 5.92 Å². The predicted octanol–water partition coefficient (Wildman–Crippen LogP) is 2.14. The highest BCUT2D eigenvalue weighted by molar-refractivity contribution is 5.71. The molecule has 0 saturated heterocycles. The van der Waals surface area contributed by atoms with Gasteiger partial charge in [-0.25, -0.2) is 0 Å². The van der Waals surface area contributed by atoms with E-state index >= 15 is 0 Å². The summed E-state index contributed by atoms with van der Waals surface area (Å²) < 4.78 is 0. The van der Waals surface area contributed by atoms with Crippen LogP contribution in [0.4, 0.5) is 11.4 Å². The first kappa shape index (κ1) is 14.0. The molecule has 0 aliphatic rings. The van der Waals surface area contributed by atoms with E-state index in [1.807, 2.05) is 6.92 Å². The summed E-state index contributed by atoms with van der Waals surface area (Å²) in [6, 6.07) is 6.35. The van der Waals surface area contributed by atoms with E-state index in [1.54, 1.807) is 30.0 Å². The summed E-state index contributed by atoms with van der Waals surface area (Å²) in [7, 11) is 0. The van der Waals surface area contributed by atoms with Crippen LogP contribution >= 0.6 is 0 Å². The van der Waals surface area contributed by atoms with Crippen molar-refractivity contribution in [1.82, 2.24) is 0 Å². The van der Waals surface area contributed by atoms with Crippen LogP contribution in [-0.4, -0.2) is 29.1 Å². The average Bonchev–Trinajstić information content (AvgIpc) is 2.35. The van der Waals surface area contributed by atoms with Crippen LogP contribution in [-0.2, 0) is 4.79 Å². The molecule has 0 saturated carbocycles. The number of rotatable bonds is 6. The molecule has 1 rings (SSSR count). The molecule has 0 radical (unpaired) electrons. The van der Waals surface area contributed by atoms with Crippen LogP contribution in [0, 0.1) is 16.0 Å². The van der Waals surface area contributed by atoms with Crippen molar-refractivity contribution < 1.29 is 14.8 Å². The number of carboxylic acid groups (broad SMARTS) is 1. The number of hydrogen-bond donors (Lipinski definition) is 1. The molecule has 0 heterocycles. The van der Waals surface area contributed by atoms with Gasteiger partial charge in [0, 0.05) is 19.2 Å². The summed E-state index contributed by atoms with van der Waals surface area (Å²) in [6.45, 7) is 4.18. The first-order valence-electron chi connectivity index (χ1n) is 5.68. The SMILES string of the molecule is CCN(CC(C)C(=O)O)c1ccccc1[N+](=O)[O-]. The molecular formula is C12H16N2O4. The van der Waals surface area contributed by atoms with E-state index in [1.165, 1.54) is 6.07 Å². The van der Waals surface area contributed by atoms with Crippen LogP contribution < -0.4 is 4.90 Å². The quantitative estimate of drug-likeness (QED) is 0.619. The second kappa shape index (κ2) is 6.00. The van der Waals surface area contributed by atoms with Gasteiger partial charge in [0.05, 0.1) is 10.8 Å². The number of carboxylic acids is 1. The number of para-hydroxylation sites is 2. The van der Waals surface area contributed by atoms with E-state index in [9.17, 15) is 14.9 Å². The first-order valence-corrected chi connectivity index (χ1v) is 5.68. The summed E-state index contributed by atoms with van der Waals surface area (Å²) in [6.07, 6.45) is 0. The maximum absolute atomic E-state index is 10.9. The van der Waals surface area contributed by atoms with E-state index in [-0.39, 0.29) is 12.2 Å². The molecule has 1 aromatic carbocycles. The van der Waals surface area contributed by atoms with Crippen molar-refractivity contribution in [2.75, 3.05) is 18.0 Å². The second-order valence-corrected chi connectivity index (χ2v) is 4.02. The van der Waals surface area contributed by atoms with Crippen molar-refractivity contribution in [3.63, 3.8) is 0 Å². The zero-order chi connectivity index (χ0) is 13.7. The van der Waals surface area contributed by atoms with Gasteiger partial charge < -0.3 is 10.0 Å². The van der Waals surface area contributed by atoms with Crippen molar-refractivity contribution in [3.8, 4) is 0 Å². The Labute approximate surface area is 105 Å². The zero-order valence-electron chi connectivity index (χ0n) is 10.4. The van der Waals surface area contributed by atoms with Crippen molar-refractivity contribution in [2.45, 2.75) is 13.8 Å². The molecule has 1 aromatic rings. The Balaban J connectivity index is 3.02. The molecule has 6 nitrogen and oxygen atoms in total. The number of nitrogens with zero attached hydrogens (tertiary/aromatic N) is 2. The largest absolute Gasteiger partial charge is 0.481 e. The van der Waals surface area contributed by atoms with E-state index < -0.39 is 16.8 Å². The van der Waals surface area contributed by atoms with E-state index in [4.69, 9.17) is 5.11 Å². The third-order valence-electron chi connectivity index (χ3n) is 2.72. The summed E-state index contributed by atoms with van der Waals surface area (Å²) in [5, 5.41) is 19.8. The number of nitro benzene ring substituents is 1. The Hall–Kier alpha value is -2.11. The molecule has 0 amide bonds. The fourth-order valence-electron chi connectivity index (χ4n) is 1.69. The van der Waals surface area contributed by atoms with Crippen LogP contribution in [0.3, 0.4) is 0 Å². The molecule has 1 unspecified atom stereocenters.